The molecule has 0 bridgehead atoms. The van der Waals surface area contributed by atoms with Crippen molar-refractivity contribution in [2.75, 3.05) is 20.1 Å². The highest BCUT2D eigenvalue weighted by Gasteiger charge is 2.48. The molecule has 2 atom stereocenters. The van der Waals surface area contributed by atoms with E-state index in [1.165, 1.54) is 11.6 Å². The van der Waals surface area contributed by atoms with Crippen molar-refractivity contribution >= 4 is 18.4 Å². The average molecular weight is 448 g/mol. The van der Waals surface area contributed by atoms with Gasteiger partial charge in [-0.3, -0.25) is 4.79 Å². The monoisotopic (exact) mass is 447 g/mol. The zero-order valence-corrected chi connectivity index (χ0v) is 19.6. The number of halogens is 2. The molecule has 0 heterocycles. The number of hydrogen-bond acceptors (Lipinski definition) is 2. The summed E-state index contributed by atoms with van der Waals surface area (Å²) in [6.07, 6.45) is 3.86. The molecule has 5 heteroatoms. The minimum Gasteiger partial charge on any atom is -0.481 e. The number of carboxylic acids is 1. The van der Waals surface area contributed by atoms with Crippen molar-refractivity contribution in [3.8, 4) is 0 Å². The van der Waals surface area contributed by atoms with Gasteiger partial charge in [0.25, 0.3) is 0 Å². The normalized spacial score (nSPS) is 17.7. The van der Waals surface area contributed by atoms with Crippen molar-refractivity contribution in [2.45, 2.75) is 46.0 Å². The number of fused-ring (bicyclic) bond motifs is 1. The molecule has 0 aromatic heterocycles. The highest BCUT2D eigenvalue weighted by Crippen LogP contribution is 2.46. The maximum Gasteiger partial charge on any atom is 0.310 e. The first-order valence-corrected chi connectivity index (χ1v) is 11.1. The lowest BCUT2D eigenvalue weighted by molar-refractivity contribution is -0.158. The van der Waals surface area contributed by atoms with Crippen LogP contribution in [0.15, 0.2) is 48.5 Å². The van der Waals surface area contributed by atoms with Crippen molar-refractivity contribution in [1.29, 1.82) is 0 Å². The van der Waals surface area contributed by atoms with E-state index in [9.17, 15) is 14.3 Å². The van der Waals surface area contributed by atoms with Gasteiger partial charge in [0.15, 0.2) is 0 Å². The fraction of sp³-hybridized carbons (Fsp3) is 0.500. The van der Waals surface area contributed by atoms with Gasteiger partial charge < -0.3 is 10.0 Å². The van der Waals surface area contributed by atoms with Crippen LogP contribution in [0.2, 0.25) is 0 Å². The second-order valence-corrected chi connectivity index (χ2v) is 9.14. The number of carboxylic acid groups (broad SMARTS) is 1. The molecule has 1 N–H and O–H groups in total. The van der Waals surface area contributed by atoms with Gasteiger partial charge in [0.05, 0.1) is 5.41 Å². The highest BCUT2D eigenvalue weighted by atomic mass is 35.5. The first-order chi connectivity index (χ1) is 14.3. The van der Waals surface area contributed by atoms with Crippen LogP contribution in [0.4, 0.5) is 4.39 Å². The highest BCUT2D eigenvalue weighted by molar-refractivity contribution is 5.85. The Bertz CT molecular complexity index is 858. The molecule has 31 heavy (non-hydrogen) atoms. The molecule has 0 fully saturated rings. The second kappa shape index (κ2) is 11.1. The van der Waals surface area contributed by atoms with Gasteiger partial charge in [-0.15, -0.1) is 12.4 Å². The number of aryl methyl sites for hydroxylation is 1. The smallest absolute Gasteiger partial charge is 0.310 e. The summed E-state index contributed by atoms with van der Waals surface area (Å²) in [6.45, 7) is 5.74. The topological polar surface area (TPSA) is 40.5 Å². The van der Waals surface area contributed by atoms with Crippen LogP contribution in [0.5, 0.6) is 0 Å². The number of aliphatic carboxylic acids is 1. The summed E-state index contributed by atoms with van der Waals surface area (Å²) in [5.74, 6) is -0.801. The largest absolute Gasteiger partial charge is 0.481 e. The van der Waals surface area contributed by atoms with Crippen LogP contribution < -0.4 is 0 Å². The van der Waals surface area contributed by atoms with Gasteiger partial charge in [-0.1, -0.05) is 50.2 Å². The van der Waals surface area contributed by atoms with E-state index in [0.717, 1.165) is 43.5 Å². The maximum absolute atomic E-state index is 13.6. The van der Waals surface area contributed by atoms with E-state index in [0.29, 0.717) is 12.8 Å². The summed E-state index contributed by atoms with van der Waals surface area (Å²) in [6, 6.07) is 15.3. The van der Waals surface area contributed by atoms with E-state index in [1.807, 2.05) is 26.0 Å². The molecule has 1 aliphatic rings. The summed E-state index contributed by atoms with van der Waals surface area (Å²) in [7, 11) is 2.08. The van der Waals surface area contributed by atoms with Gasteiger partial charge in [0, 0.05) is 6.54 Å². The molecule has 170 valence electrons. The lowest BCUT2D eigenvalue weighted by Gasteiger charge is -2.43. The van der Waals surface area contributed by atoms with Crippen molar-refractivity contribution in [3.63, 3.8) is 0 Å². The van der Waals surface area contributed by atoms with Crippen LogP contribution in [0.1, 0.15) is 43.4 Å². The summed E-state index contributed by atoms with van der Waals surface area (Å²) < 4.78 is 13.6. The second-order valence-electron chi connectivity index (χ2n) is 9.14. The number of rotatable bonds is 9. The molecule has 2 aromatic carbocycles. The molecule has 1 unspecified atom stereocenters. The quantitative estimate of drug-likeness (QED) is 0.540. The van der Waals surface area contributed by atoms with Gasteiger partial charge in [-0.2, -0.15) is 0 Å². The van der Waals surface area contributed by atoms with Crippen LogP contribution in [0.25, 0.3) is 0 Å². The van der Waals surface area contributed by atoms with E-state index in [2.05, 4.69) is 36.2 Å². The van der Waals surface area contributed by atoms with Crippen LogP contribution in [0.3, 0.4) is 0 Å². The Hall–Kier alpha value is -1.91. The minimum atomic E-state index is -0.771. The first-order valence-electron chi connectivity index (χ1n) is 11.1. The van der Waals surface area contributed by atoms with E-state index in [1.54, 1.807) is 6.07 Å². The van der Waals surface area contributed by atoms with E-state index >= 15 is 0 Å². The molecule has 0 aliphatic heterocycles. The number of hydrogen-bond donors (Lipinski definition) is 1. The molecule has 0 amide bonds. The summed E-state index contributed by atoms with van der Waals surface area (Å²) >= 11 is 0. The van der Waals surface area contributed by atoms with E-state index in [4.69, 9.17) is 0 Å². The predicted octanol–water partition coefficient (Wildman–Crippen LogP) is 5.64. The van der Waals surface area contributed by atoms with Gasteiger partial charge in [0.1, 0.15) is 5.82 Å². The van der Waals surface area contributed by atoms with Gasteiger partial charge in [-0.05, 0) is 86.4 Å². The van der Waals surface area contributed by atoms with E-state index < -0.39 is 11.4 Å². The summed E-state index contributed by atoms with van der Waals surface area (Å²) in [4.78, 5) is 14.9. The van der Waals surface area contributed by atoms with Crippen LogP contribution in [-0.4, -0.2) is 36.1 Å². The third-order valence-electron chi connectivity index (χ3n) is 7.09. The Balaban J connectivity index is 0.00000341. The molecular formula is C26H35ClFNO2. The fourth-order valence-electron chi connectivity index (χ4n) is 5.11. The Morgan fingerprint density at radius 1 is 1.16 bits per heavy atom. The fourth-order valence-corrected chi connectivity index (χ4v) is 5.11. The summed E-state index contributed by atoms with van der Waals surface area (Å²) in [5.41, 5.74) is 2.67. The third kappa shape index (κ3) is 5.87. The van der Waals surface area contributed by atoms with E-state index in [-0.39, 0.29) is 30.1 Å². The number of nitrogens with zero attached hydrogens (tertiary/aromatic N) is 1. The minimum absolute atomic E-state index is 0. The molecule has 1 aliphatic carbocycles. The molecule has 0 saturated carbocycles. The molecule has 3 nitrogen and oxygen atoms in total. The lowest BCUT2D eigenvalue weighted by Crippen LogP contribution is -2.47. The maximum atomic E-state index is 13.6. The van der Waals surface area contributed by atoms with Crippen molar-refractivity contribution in [1.82, 2.24) is 4.90 Å². The summed E-state index contributed by atoms with van der Waals surface area (Å²) in [5, 5.41) is 10.4. The standard InChI is InChI=1S/C26H34FNO2.ClH/c1-19(2)26(25(29)30,14-16-28(3)15-13-20-7-5-4-6-8-20)23-11-9-22-18-24(27)12-10-21(22)17-23;/h4-8,10,12,18-19,23H,9,11,13-17H2,1-3H3,(H,29,30);1H/t23-,26?;/m1./s1. The molecule has 3 rings (SSSR count). The SMILES string of the molecule is CC(C)C(CCN(C)CCc1ccccc1)(C(=O)O)[C@@H]1CCc2cc(F)ccc2C1.Cl. The third-order valence-corrected chi connectivity index (χ3v) is 7.09. The van der Waals surface area contributed by atoms with Crippen molar-refractivity contribution in [2.24, 2.45) is 17.3 Å². The number of benzene rings is 2. The lowest BCUT2D eigenvalue weighted by atomic mass is 9.60. The number of likely N-dealkylation sites (N-methyl/N-ethyl adjacent to an activating group) is 1. The van der Waals surface area contributed by atoms with Gasteiger partial charge in [0.2, 0.25) is 0 Å². The molecular weight excluding hydrogens is 413 g/mol. The molecule has 0 radical (unpaired) electrons. The zero-order chi connectivity index (χ0) is 21.7. The van der Waals surface area contributed by atoms with Crippen LogP contribution >= 0.6 is 12.4 Å². The average Bonchev–Trinajstić information content (AvgIpc) is 2.73. The zero-order valence-electron chi connectivity index (χ0n) is 18.8. The predicted molar refractivity (Wildman–Crippen MR) is 126 cm³/mol. The van der Waals surface area contributed by atoms with Gasteiger partial charge >= 0.3 is 5.97 Å². The van der Waals surface area contributed by atoms with Crippen LogP contribution in [-0.2, 0) is 24.1 Å². The van der Waals surface area contributed by atoms with Crippen molar-refractivity contribution < 1.29 is 14.3 Å². The van der Waals surface area contributed by atoms with Gasteiger partial charge in [-0.25, -0.2) is 4.39 Å². The first kappa shape index (κ1) is 25.4. The Morgan fingerprint density at radius 2 is 1.87 bits per heavy atom. The Morgan fingerprint density at radius 3 is 2.52 bits per heavy atom. The Labute approximate surface area is 192 Å². The van der Waals surface area contributed by atoms with Crippen LogP contribution in [0, 0.1) is 23.1 Å². The molecule has 2 aromatic rings. The molecule has 0 spiro atoms. The Kier molecular flexibility index (Phi) is 9.08. The molecule has 0 saturated heterocycles. The number of carbonyl (C=O) groups is 1. The van der Waals surface area contributed by atoms with Crippen molar-refractivity contribution in [3.05, 3.63) is 71.0 Å².